The first-order chi connectivity index (χ1) is 8.86. The molecule has 0 aromatic heterocycles. The zero-order valence-corrected chi connectivity index (χ0v) is 10.1. The molecule has 2 atom stereocenters. The van der Waals surface area contributed by atoms with Crippen molar-refractivity contribution < 1.29 is 18.9 Å². The molecule has 2 fully saturated rings. The highest BCUT2D eigenvalue weighted by Crippen LogP contribution is 2.33. The van der Waals surface area contributed by atoms with Crippen LogP contribution in [0, 0.1) is 0 Å². The minimum atomic E-state index is 0.225. The van der Waals surface area contributed by atoms with Gasteiger partial charge in [-0.3, -0.25) is 0 Å². The highest BCUT2D eigenvalue weighted by molar-refractivity contribution is 5.61. The Bertz CT molecular complexity index is 435. The second-order valence-corrected chi connectivity index (χ2v) is 4.41. The van der Waals surface area contributed by atoms with Crippen molar-refractivity contribution in [2.24, 2.45) is 0 Å². The monoisotopic (exact) mass is 248 g/mol. The molecule has 2 aliphatic rings. The number of para-hydroxylation sites is 1. The summed E-state index contributed by atoms with van der Waals surface area (Å²) in [4.78, 5) is 0. The van der Waals surface area contributed by atoms with E-state index in [0.29, 0.717) is 13.2 Å². The van der Waals surface area contributed by atoms with Crippen LogP contribution in [0.4, 0.5) is 0 Å². The minimum Gasteiger partial charge on any atom is -0.487 e. The molecule has 1 aromatic carbocycles. The maximum absolute atomic E-state index is 5.77. The van der Waals surface area contributed by atoms with Crippen LogP contribution in [0.2, 0.25) is 0 Å². The zero-order chi connectivity index (χ0) is 12.4. The van der Waals surface area contributed by atoms with Gasteiger partial charge in [-0.1, -0.05) is 24.8 Å². The maximum Gasteiger partial charge on any atom is 0.168 e. The van der Waals surface area contributed by atoms with Gasteiger partial charge in [0, 0.05) is 5.56 Å². The number of benzene rings is 1. The molecule has 18 heavy (non-hydrogen) atoms. The van der Waals surface area contributed by atoms with E-state index >= 15 is 0 Å². The molecular formula is C14H16O4. The predicted octanol–water partition coefficient (Wildman–Crippen LogP) is 1.88. The summed E-state index contributed by atoms with van der Waals surface area (Å²) >= 11 is 0. The topological polar surface area (TPSA) is 43.5 Å². The number of rotatable bonds is 7. The van der Waals surface area contributed by atoms with Crippen LogP contribution >= 0.6 is 0 Å². The first-order valence-corrected chi connectivity index (χ1v) is 6.11. The van der Waals surface area contributed by atoms with Crippen molar-refractivity contribution in [3.05, 3.63) is 30.3 Å². The van der Waals surface area contributed by atoms with Crippen molar-refractivity contribution in [3.63, 3.8) is 0 Å². The van der Waals surface area contributed by atoms with Gasteiger partial charge >= 0.3 is 0 Å². The van der Waals surface area contributed by atoms with Gasteiger partial charge < -0.3 is 18.9 Å². The molecule has 0 N–H and O–H groups in total. The summed E-state index contributed by atoms with van der Waals surface area (Å²) in [6, 6.07) is 5.79. The normalized spacial score (nSPS) is 24.4. The summed E-state index contributed by atoms with van der Waals surface area (Å²) in [5.41, 5.74) is 0.935. The van der Waals surface area contributed by atoms with E-state index in [1.54, 1.807) is 6.08 Å². The molecular weight excluding hydrogens is 232 g/mol. The lowest BCUT2D eigenvalue weighted by Crippen LogP contribution is -2.09. The van der Waals surface area contributed by atoms with Gasteiger partial charge in [-0.25, -0.2) is 0 Å². The van der Waals surface area contributed by atoms with Gasteiger partial charge in [0.05, 0.1) is 13.2 Å². The summed E-state index contributed by atoms with van der Waals surface area (Å²) in [6.45, 7) is 6.48. The van der Waals surface area contributed by atoms with E-state index in [9.17, 15) is 0 Å². The first-order valence-electron chi connectivity index (χ1n) is 6.11. The van der Waals surface area contributed by atoms with Crippen LogP contribution in [0.25, 0.3) is 6.08 Å². The Kier molecular flexibility index (Phi) is 3.21. The molecule has 96 valence electrons. The lowest BCUT2D eigenvalue weighted by Gasteiger charge is -2.14. The molecule has 2 unspecified atom stereocenters. The molecule has 0 amide bonds. The Labute approximate surface area is 106 Å². The Morgan fingerprint density at radius 2 is 1.83 bits per heavy atom. The fourth-order valence-electron chi connectivity index (χ4n) is 1.65. The van der Waals surface area contributed by atoms with E-state index in [-0.39, 0.29) is 12.2 Å². The third-order valence-electron chi connectivity index (χ3n) is 2.87. The van der Waals surface area contributed by atoms with E-state index < -0.39 is 0 Å². The molecule has 4 nitrogen and oxygen atoms in total. The van der Waals surface area contributed by atoms with Gasteiger partial charge in [0.15, 0.2) is 11.5 Å². The van der Waals surface area contributed by atoms with Gasteiger partial charge in [-0.2, -0.15) is 0 Å². The van der Waals surface area contributed by atoms with Gasteiger partial charge in [-0.05, 0) is 6.07 Å². The molecule has 3 rings (SSSR count). The first kappa shape index (κ1) is 11.6. The highest BCUT2D eigenvalue weighted by atomic mass is 16.6. The number of hydrogen-bond donors (Lipinski definition) is 0. The Morgan fingerprint density at radius 3 is 2.44 bits per heavy atom. The number of epoxide rings is 2. The van der Waals surface area contributed by atoms with Gasteiger partial charge in [0.2, 0.25) is 0 Å². The van der Waals surface area contributed by atoms with Crippen LogP contribution in [-0.4, -0.2) is 38.6 Å². The summed E-state index contributed by atoms with van der Waals surface area (Å²) in [5, 5.41) is 0. The van der Waals surface area contributed by atoms with Crippen LogP contribution in [-0.2, 0) is 9.47 Å². The van der Waals surface area contributed by atoms with Crippen molar-refractivity contribution in [1.82, 2.24) is 0 Å². The minimum absolute atomic E-state index is 0.225. The van der Waals surface area contributed by atoms with Crippen LogP contribution in [0.5, 0.6) is 11.5 Å². The quantitative estimate of drug-likeness (QED) is 0.691. The third kappa shape index (κ3) is 2.83. The van der Waals surface area contributed by atoms with Gasteiger partial charge in [-0.15, -0.1) is 0 Å². The SMILES string of the molecule is C=Cc1cccc(OCC2CO2)c1OCC1CO1. The van der Waals surface area contributed by atoms with E-state index in [2.05, 4.69) is 6.58 Å². The molecule has 2 heterocycles. The van der Waals surface area contributed by atoms with Crippen molar-refractivity contribution in [2.45, 2.75) is 12.2 Å². The Morgan fingerprint density at radius 1 is 1.17 bits per heavy atom. The second kappa shape index (κ2) is 5.00. The fraction of sp³-hybridized carbons (Fsp3) is 0.429. The summed E-state index contributed by atoms with van der Waals surface area (Å²) in [5.74, 6) is 1.48. The number of ether oxygens (including phenoxy) is 4. The van der Waals surface area contributed by atoms with Crippen LogP contribution in [0.3, 0.4) is 0 Å². The standard InChI is InChI=1S/C14H16O4/c1-2-10-4-3-5-13(17-8-11-6-15-11)14(10)18-9-12-7-16-12/h2-5,11-12H,1,6-9H2. The summed E-state index contributed by atoms with van der Waals surface area (Å²) < 4.78 is 21.8. The Balaban J connectivity index is 1.72. The van der Waals surface area contributed by atoms with Crippen molar-refractivity contribution in [1.29, 1.82) is 0 Å². The van der Waals surface area contributed by atoms with E-state index in [1.165, 1.54) is 0 Å². The fourth-order valence-corrected chi connectivity index (χ4v) is 1.65. The van der Waals surface area contributed by atoms with Crippen LogP contribution in [0.15, 0.2) is 24.8 Å². The van der Waals surface area contributed by atoms with Gasteiger partial charge in [0.1, 0.15) is 25.4 Å². The average Bonchev–Trinajstić information content (AvgIpc) is 3.28. The molecule has 0 saturated carbocycles. The second-order valence-electron chi connectivity index (χ2n) is 4.41. The molecule has 0 aliphatic carbocycles. The van der Waals surface area contributed by atoms with Crippen molar-refractivity contribution in [3.8, 4) is 11.5 Å². The lowest BCUT2D eigenvalue weighted by molar-refractivity contribution is 0.228. The molecule has 2 saturated heterocycles. The molecule has 0 bridgehead atoms. The molecule has 4 heteroatoms. The molecule has 2 aliphatic heterocycles. The van der Waals surface area contributed by atoms with E-state index in [0.717, 1.165) is 30.3 Å². The third-order valence-corrected chi connectivity index (χ3v) is 2.87. The number of hydrogen-bond acceptors (Lipinski definition) is 4. The zero-order valence-electron chi connectivity index (χ0n) is 10.1. The lowest BCUT2D eigenvalue weighted by atomic mass is 10.2. The van der Waals surface area contributed by atoms with Crippen molar-refractivity contribution >= 4 is 6.08 Å². The molecule has 0 spiro atoms. The average molecular weight is 248 g/mol. The van der Waals surface area contributed by atoms with Crippen molar-refractivity contribution in [2.75, 3.05) is 26.4 Å². The Hall–Kier alpha value is -1.52. The van der Waals surface area contributed by atoms with E-state index in [1.807, 2.05) is 18.2 Å². The van der Waals surface area contributed by atoms with Crippen LogP contribution < -0.4 is 9.47 Å². The smallest absolute Gasteiger partial charge is 0.168 e. The van der Waals surface area contributed by atoms with E-state index in [4.69, 9.17) is 18.9 Å². The summed E-state index contributed by atoms with van der Waals surface area (Å²) in [6.07, 6.45) is 2.23. The highest BCUT2D eigenvalue weighted by Gasteiger charge is 2.26. The van der Waals surface area contributed by atoms with Gasteiger partial charge in [0.25, 0.3) is 0 Å². The maximum atomic E-state index is 5.77. The predicted molar refractivity (Wildman–Crippen MR) is 67.0 cm³/mol. The molecule has 0 radical (unpaired) electrons. The van der Waals surface area contributed by atoms with Crippen LogP contribution in [0.1, 0.15) is 5.56 Å². The largest absolute Gasteiger partial charge is 0.487 e. The molecule has 1 aromatic rings. The summed E-state index contributed by atoms with van der Waals surface area (Å²) in [7, 11) is 0.